The first-order valence-electron chi connectivity index (χ1n) is 10.9. The Labute approximate surface area is 202 Å². The summed E-state index contributed by atoms with van der Waals surface area (Å²) in [6.07, 6.45) is 5.66. The van der Waals surface area contributed by atoms with Crippen LogP contribution in [0.2, 0.25) is 15.3 Å². The van der Waals surface area contributed by atoms with E-state index >= 15 is 0 Å². The summed E-state index contributed by atoms with van der Waals surface area (Å²) in [5, 5.41) is 7.30. The summed E-state index contributed by atoms with van der Waals surface area (Å²) >= 11 is 19.1. The van der Waals surface area contributed by atoms with Crippen molar-refractivity contribution in [1.82, 2.24) is 20.3 Å². The van der Waals surface area contributed by atoms with Gasteiger partial charge in [0, 0.05) is 56.1 Å². The number of hydrogen-bond donors (Lipinski definition) is 2. The van der Waals surface area contributed by atoms with Crippen LogP contribution in [0.5, 0.6) is 0 Å². The Hall–Kier alpha value is -1.51. The molecule has 32 heavy (non-hydrogen) atoms. The lowest BCUT2D eigenvalue weighted by molar-refractivity contribution is -0.122. The average molecular weight is 499 g/mol. The molecule has 2 aromatic rings. The average Bonchev–Trinajstić information content (AvgIpc) is 2.81. The second-order valence-corrected chi connectivity index (χ2v) is 9.40. The maximum Gasteiger partial charge on any atom is 0.173 e. The van der Waals surface area contributed by atoms with E-state index in [-0.39, 0.29) is 28.4 Å². The van der Waals surface area contributed by atoms with Gasteiger partial charge in [-0.3, -0.25) is 9.78 Å². The fraction of sp³-hybridized carbons (Fsp3) is 0.545. The van der Waals surface area contributed by atoms with E-state index in [1.165, 1.54) is 6.20 Å². The Balaban J connectivity index is 1.53. The Morgan fingerprint density at radius 2 is 1.97 bits per heavy atom. The van der Waals surface area contributed by atoms with Gasteiger partial charge in [0.25, 0.3) is 0 Å². The number of nitrogens with zero attached hydrogens (tertiary/aromatic N) is 3. The number of ether oxygens (including phenoxy) is 1. The Bertz CT molecular complexity index is 963. The smallest absolute Gasteiger partial charge is 0.173 e. The van der Waals surface area contributed by atoms with Crippen molar-refractivity contribution >= 4 is 46.4 Å². The summed E-state index contributed by atoms with van der Waals surface area (Å²) in [6, 6.07) is 1.77. The lowest BCUT2D eigenvalue weighted by atomic mass is 9.92. The van der Waals surface area contributed by atoms with Crippen LogP contribution < -0.4 is 10.6 Å². The van der Waals surface area contributed by atoms with Gasteiger partial charge in [-0.2, -0.15) is 0 Å². The highest BCUT2D eigenvalue weighted by atomic mass is 35.5. The van der Waals surface area contributed by atoms with Crippen molar-refractivity contribution in [3.8, 4) is 11.3 Å². The molecule has 4 heterocycles. The van der Waals surface area contributed by atoms with Crippen LogP contribution in [0.15, 0.2) is 12.3 Å². The van der Waals surface area contributed by atoms with Gasteiger partial charge in [0.1, 0.15) is 11.5 Å². The molecule has 10 heteroatoms. The molecule has 2 N–H and O–H groups in total. The van der Waals surface area contributed by atoms with Crippen molar-refractivity contribution in [2.24, 2.45) is 11.8 Å². The molecular weight excluding hydrogens is 473 g/mol. The van der Waals surface area contributed by atoms with Gasteiger partial charge < -0.3 is 15.4 Å². The molecule has 0 unspecified atom stereocenters. The van der Waals surface area contributed by atoms with Crippen molar-refractivity contribution in [2.75, 3.05) is 38.2 Å². The number of rotatable bonds is 7. The predicted octanol–water partition coefficient (Wildman–Crippen LogP) is 4.45. The maximum atomic E-state index is 12.7. The van der Waals surface area contributed by atoms with Gasteiger partial charge in [0.15, 0.2) is 16.1 Å². The molecule has 2 saturated heterocycles. The molecule has 2 aliphatic heterocycles. The molecule has 0 aromatic carbocycles. The van der Waals surface area contributed by atoms with Crippen LogP contribution in [0.4, 0.5) is 5.82 Å². The number of anilines is 1. The molecule has 4 rings (SSSR count). The number of piperidine rings is 1. The number of hydrogen-bond acceptors (Lipinski definition) is 7. The van der Waals surface area contributed by atoms with Gasteiger partial charge in [0.2, 0.25) is 0 Å². The first-order chi connectivity index (χ1) is 15.5. The highest BCUT2D eigenvalue weighted by molar-refractivity contribution is 6.37. The molecule has 0 amide bonds. The molecule has 172 valence electrons. The van der Waals surface area contributed by atoms with Gasteiger partial charge in [-0.05, 0) is 44.2 Å². The summed E-state index contributed by atoms with van der Waals surface area (Å²) in [4.78, 5) is 25.9. The molecule has 0 radical (unpaired) electrons. The fourth-order valence-electron chi connectivity index (χ4n) is 4.08. The van der Waals surface area contributed by atoms with Crippen molar-refractivity contribution in [2.45, 2.75) is 32.1 Å². The quantitative estimate of drug-likeness (QED) is 0.583. The first kappa shape index (κ1) is 23.6. The molecule has 0 saturated carbocycles. The third-order valence-corrected chi connectivity index (χ3v) is 6.81. The standard InChI is InChI=1S/C22H26Cl3N5O2/c23-17-12-27-15(9-18(31)14-2-1-5-26-11-14)8-16(17)19-20(24)30-21(25)22(29-19)28-10-13-3-6-32-7-4-13/h8,12-14,26H,1-7,9-11H2,(H,28,29)/t14-/m1/s1. The summed E-state index contributed by atoms with van der Waals surface area (Å²) in [7, 11) is 0. The van der Waals surface area contributed by atoms with E-state index in [9.17, 15) is 4.79 Å². The zero-order chi connectivity index (χ0) is 22.5. The molecule has 1 atom stereocenters. The summed E-state index contributed by atoms with van der Waals surface area (Å²) < 4.78 is 5.41. The lowest BCUT2D eigenvalue weighted by Crippen LogP contribution is -2.35. The van der Waals surface area contributed by atoms with E-state index in [0.29, 0.717) is 33.7 Å². The SMILES string of the molecule is O=C(Cc1cc(-c2nc(NCC3CCOCC3)c(Cl)nc2Cl)c(Cl)cn1)[C@@H]1CCCNC1. The molecule has 0 spiro atoms. The maximum absolute atomic E-state index is 12.7. The molecule has 7 nitrogen and oxygen atoms in total. The third kappa shape index (κ3) is 5.88. The van der Waals surface area contributed by atoms with Crippen LogP contribution in [-0.4, -0.2) is 53.6 Å². The van der Waals surface area contributed by atoms with E-state index in [4.69, 9.17) is 39.5 Å². The van der Waals surface area contributed by atoms with Gasteiger partial charge in [-0.1, -0.05) is 34.8 Å². The first-order valence-corrected chi connectivity index (χ1v) is 12.1. The highest BCUT2D eigenvalue weighted by Crippen LogP contribution is 2.34. The van der Waals surface area contributed by atoms with E-state index in [1.54, 1.807) is 6.07 Å². The minimum Gasteiger partial charge on any atom is -0.381 e. The van der Waals surface area contributed by atoms with E-state index < -0.39 is 0 Å². The van der Waals surface area contributed by atoms with Crippen LogP contribution in [0.3, 0.4) is 0 Å². The second-order valence-electron chi connectivity index (χ2n) is 8.28. The van der Waals surface area contributed by atoms with E-state index in [0.717, 1.165) is 58.5 Å². The van der Waals surface area contributed by atoms with Crippen LogP contribution in [0.1, 0.15) is 31.4 Å². The van der Waals surface area contributed by atoms with Gasteiger partial charge in [0.05, 0.1) is 5.02 Å². The van der Waals surface area contributed by atoms with Crippen molar-refractivity contribution in [3.05, 3.63) is 33.3 Å². The van der Waals surface area contributed by atoms with Gasteiger partial charge >= 0.3 is 0 Å². The summed E-state index contributed by atoms with van der Waals surface area (Å²) in [5.41, 5.74) is 1.62. The number of ketones is 1. The highest BCUT2D eigenvalue weighted by Gasteiger charge is 2.23. The lowest BCUT2D eigenvalue weighted by Gasteiger charge is -2.22. The third-order valence-electron chi connectivity index (χ3n) is 5.98. The molecule has 0 bridgehead atoms. The molecule has 2 aliphatic rings. The minimum atomic E-state index is 0.0181. The number of halogens is 3. The summed E-state index contributed by atoms with van der Waals surface area (Å²) in [5.74, 6) is 1.13. The van der Waals surface area contributed by atoms with E-state index in [2.05, 4.69) is 25.6 Å². The van der Waals surface area contributed by atoms with Crippen molar-refractivity contribution < 1.29 is 9.53 Å². The zero-order valence-corrected chi connectivity index (χ0v) is 19.9. The van der Waals surface area contributed by atoms with Crippen molar-refractivity contribution in [1.29, 1.82) is 0 Å². The Morgan fingerprint density at radius 1 is 1.16 bits per heavy atom. The fourth-order valence-corrected chi connectivity index (χ4v) is 4.74. The number of aromatic nitrogens is 3. The molecular formula is C22H26Cl3N5O2. The monoisotopic (exact) mass is 497 g/mol. The topological polar surface area (TPSA) is 89.0 Å². The number of Topliss-reactive ketones (excluding diaryl/α,β-unsaturated/α-hetero) is 1. The predicted molar refractivity (Wildman–Crippen MR) is 127 cm³/mol. The zero-order valence-electron chi connectivity index (χ0n) is 17.7. The largest absolute Gasteiger partial charge is 0.381 e. The normalized spacial score (nSPS) is 19.7. The minimum absolute atomic E-state index is 0.0181. The summed E-state index contributed by atoms with van der Waals surface area (Å²) in [6.45, 7) is 3.94. The van der Waals surface area contributed by atoms with E-state index in [1.807, 2.05) is 0 Å². The molecule has 0 aliphatic carbocycles. The molecule has 2 aromatic heterocycles. The number of pyridine rings is 1. The Kier molecular flexibility index (Phi) is 8.18. The number of carbonyl (C=O) groups is 1. The van der Waals surface area contributed by atoms with Crippen LogP contribution in [-0.2, 0) is 16.0 Å². The van der Waals surface area contributed by atoms with Crippen LogP contribution in [0.25, 0.3) is 11.3 Å². The molecule has 2 fully saturated rings. The van der Waals surface area contributed by atoms with Crippen LogP contribution >= 0.6 is 34.8 Å². The number of carbonyl (C=O) groups excluding carboxylic acids is 1. The number of nitrogens with one attached hydrogen (secondary N) is 2. The van der Waals surface area contributed by atoms with Gasteiger partial charge in [-0.25, -0.2) is 9.97 Å². The van der Waals surface area contributed by atoms with Crippen molar-refractivity contribution in [3.63, 3.8) is 0 Å². The second kappa shape index (κ2) is 11.1. The Morgan fingerprint density at radius 3 is 2.72 bits per heavy atom. The van der Waals surface area contributed by atoms with Gasteiger partial charge in [-0.15, -0.1) is 0 Å². The van der Waals surface area contributed by atoms with Crippen LogP contribution in [0, 0.1) is 11.8 Å².